The van der Waals surface area contributed by atoms with Gasteiger partial charge < -0.3 is 15.4 Å². The van der Waals surface area contributed by atoms with Crippen LogP contribution in [0.1, 0.15) is 41.1 Å². The number of aryl methyl sites for hydroxylation is 1. The van der Waals surface area contributed by atoms with E-state index in [1.165, 1.54) is 0 Å². The Kier molecular flexibility index (Phi) is 4.36. The minimum absolute atomic E-state index is 0.0818. The van der Waals surface area contributed by atoms with Crippen LogP contribution in [0.5, 0.6) is 0 Å². The standard InChI is InChI=1S/C19H22N4O3/c1-23-10-15(9-20-23)21-18(24)14-4-2-3-13(7-14)16-8-17(16)22-19(25)26-11-12-5-6-12/h2-4,7,9-10,12,16-17H,5-6,8,11H2,1H3,(H,21,24)(H,22,25)/t16-,17+/m0/s1. The van der Waals surface area contributed by atoms with Gasteiger partial charge in [-0.05, 0) is 42.9 Å². The van der Waals surface area contributed by atoms with E-state index < -0.39 is 0 Å². The number of aromatic nitrogens is 2. The van der Waals surface area contributed by atoms with Crippen LogP contribution in [-0.4, -0.2) is 34.4 Å². The van der Waals surface area contributed by atoms with Crippen molar-refractivity contribution in [3.05, 3.63) is 47.8 Å². The van der Waals surface area contributed by atoms with Crippen molar-refractivity contribution in [1.29, 1.82) is 0 Å². The summed E-state index contributed by atoms with van der Waals surface area (Å²) in [6.45, 7) is 0.521. The number of rotatable bonds is 6. The lowest BCUT2D eigenvalue weighted by Crippen LogP contribution is -2.28. The topological polar surface area (TPSA) is 85.2 Å². The third-order valence-electron chi connectivity index (χ3n) is 4.78. The van der Waals surface area contributed by atoms with Crippen molar-refractivity contribution >= 4 is 17.7 Å². The maximum absolute atomic E-state index is 12.4. The van der Waals surface area contributed by atoms with Gasteiger partial charge in [-0.1, -0.05) is 12.1 Å². The molecular weight excluding hydrogens is 332 g/mol. The molecule has 2 amide bonds. The molecule has 136 valence electrons. The molecule has 2 atom stereocenters. The Morgan fingerprint density at radius 1 is 1.35 bits per heavy atom. The van der Waals surface area contributed by atoms with Crippen LogP contribution in [0.15, 0.2) is 36.7 Å². The fourth-order valence-electron chi connectivity index (χ4n) is 2.99. The zero-order chi connectivity index (χ0) is 18.1. The van der Waals surface area contributed by atoms with Crippen LogP contribution in [0.4, 0.5) is 10.5 Å². The van der Waals surface area contributed by atoms with Crippen LogP contribution >= 0.6 is 0 Å². The lowest BCUT2D eigenvalue weighted by molar-refractivity contribution is 0.102. The first-order chi connectivity index (χ1) is 12.6. The summed E-state index contributed by atoms with van der Waals surface area (Å²) in [5, 5.41) is 9.77. The van der Waals surface area contributed by atoms with E-state index in [1.807, 2.05) is 18.2 Å². The van der Waals surface area contributed by atoms with E-state index in [1.54, 1.807) is 30.2 Å². The van der Waals surface area contributed by atoms with Gasteiger partial charge in [-0.2, -0.15) is 5.10 Å². The largest absolute Gasteiger partial charge is 0.449 e. The van der Waals surface area contributed by atoms with Crippen molar-refractivity contribution in [3.8, 4) is 0 Å². The number of hydrogen-bond donors (Lipinski definition) is 2. The Morgan fingerprint density at radius 2 is 2.19 bits per heavy atom. The van der Waals surface area contributed by atoms with E-state index in [0.717, 1.165) is 24.8 Å². The highest BCUT2D eigenvalue weighted by Gasteiger charge is 2.40. The van der Waals surface area contributed by atoms with E-state index in [2.05, 4.69) is 15.7 Å². The Hall–Kier alpha value is -2.83. The molecule has 2 fully saturated rings. The average Bonchev–Trinajstić information content (AvgIpc) is 3.54. The van der Waals surface area contributed by atoms with E-state index in [-0.39, 0.29) is 24.0 Å². The molecule has 2 N–H and O–H groups in total. The molecule has 0 spiro atoms. The third kappa shape index (κ3) is 4.04. The highest BCUT2D eigenvalue weighted by Crippen LogP contribution is 2.41. The minimum atomic E-state index is -0.338. The molecule has 1 aromatic heterocycles. The van der Waals surface area contributed by atoms with Gasteiger partial charge in [-0.25, -0.2) is 4.79 Å². The number of ether oxygens (including phenoxy) is 1. The lowest BCUT2D eigenvalue weighted by atomic mass is 10.1. The third-order valence-corrected chi connectivity index (χ3v) is 4.78. The first-order valence-electron chi connectivity index (χ1n) is 8.92. The van der Waals surface area contributed by atoms with Crippen LogP contribution in [0.25, 0.3) is 0 Å². The fourth-order valence-corrected chi connectivity index (χ4v) is 2.99. The molecule has 0 unspecified atom stereocenters. The molecule has 0 aliphatic heterocycles. The monoisotopic (exact) mass is 354 g/mol. The summed E-state index contributed by atoms with van der Waals surface area (Å²) in [6, 6.07) is 7.60. The molecule has 7 nitrogen and oxygen atoms in total. The van der Waals surface area contributed by atoms with Gasteiger partial charge in [0.25, 0.3) is 5.91 Å². The Morgan fingerprint density at radius 3 is 2.92 bits per heavy atom. The summed E-state index contributed by atoms with van der Waals surface area (Å²) < 4.78 is 6.84. The summed E-state index contributed by atoms with van der Waals surface area (Å²) in [4.78, 5) is 24.2. The van der Waals surface area contributed by atoms with E-state index >= 15 is 0 Å². The zero-order valence-electron chi connectivity index (χ0n) is 14.6. The van der Waals surface area contributed by atoms with Gasteiger partial charge in [0.05, 0.1) is 18.5 Å². The fraction of sp³-hybridized carbons (Fsp3) is 0.421. The first kappa shape index (κ1) is 16.6. The average molecular weight is 354 g/mol. The van der Waals surface area contributed by atoms with Gasteiger partial charge >= 0.3 is 6.09 Å². The van der Waals surface area contributed by atoms with Crippen molar-refractivity contribution in [3.63, 3.8) is 0 Å². The van der Waals surface area contributed by atoms with E-state index in [4.69, 9.17) is 4.74 Å². The normalized spacial score (nSPS) is 21.1. The number of anilines is 1. The smallest absolute Gasteiger partial charge is 0.407 e. The van der Waals surface area contributed by atoms with Crippen molar-refractivity contribution in [1.82, 2.24) is 15.1 Å². The van der Waals surface area contributed by atoms with Crippen LogP contribution in [0.2, 0.25) is 0 Å². The minimum Gasteiger partial charge on any atom is -0.449 e. The molecule has 0 radical (unpaired) electrons. The Balaban J connectivity index is 1.32. The van der Waals surface area contributed by atoms with Crippen LogP contribution < -0.4 is 10.6 Å². The number of nitrogens with zero attached hydrogens (tertiary/aromatic N) is 2. The molecule has 26 heavy (non-hydrogen) atoms. The number of nitrogens with one attached hydrogen (secondary N) is 2. The number of hydrogen-bond acceptors (Lipinski definition) is 4. The second kappa shape index (κ2) is 6.82. The molecule has 4 rings (SSSR count). The van der Waals surface area contributed by atoms with Crippen LogP contribution in [-0.2, 0) is 11.8 Å². The number of benzene rings is 1. The summed E-state index contributed by atoms with van der Waals surface area (Å²) in [5.74, 6) is 0.620. The predicted octanol–water partition coefficient (Wildman–Crippen LogP) is 2.66. The predicted molar refractivity (Wildman–Crippen MR) is 96.0 cm³/mol. The zero-order valence-corrected chi connectivity index (χ0v) is 14.6. The Labute approximate surface area is 151 Å². The van der Waals surface area contributed by atoms with Gasteiger partial charge in [-0.15, -0.1) is 0 Å². The molecule has 0 bridgehead atoms. The molecule has 1 heterocycles. The van der Waals surface area contributed by atoms with Gasteiger partial charge in [0.15, 0.2) is 0 Å². The second-order valence-corrected chi connectivity index (χ2v) is 7.12. The van der Waals surface area contributed by atoms with Gasteiger partial charge in [0.2, 0.25) is 0 Å². The highest BCUT2D eigenvalue weighted by molar-refractivity contribution is 6.04. The second-order valence-electron chi connectivity index (χ2n) is 7.12. The summed E-state index contributed by atoms with van der Waals surface area (Å²) in [5.41, 5.74) is 2.30. The summed E-state index contributed by atoms with van der Waals surface area (Å²) in [6.07, 6.45) is 6.20. The number of alkyl carbamates (subject to hydrolysis) is 1. The molecule has 2 aliphatic carbocycles. The maximum Gasteiger partial charge on any atom is 0.407 e. The van der Waals surface area contributed by atoms with Crippen molar-refractivity contribution in [2.75, 3.05) is 11.9 Å². The molecule has 1 aromatic carbocycles. The van der Waals surface area contributed by atoms with E-state index in [0.29, 0.717) is 23.8 Å². The summed E-state index contributed by atoms with van der Waals surface area (Å²) in [7, 11) is 1.80. The lowest BCUT2D eigenvalue weighted by Gasteiger charge is -2.07. The van der Waals surface area contributed by atoms with Crippen molar-refractivity contribution < 1.29 is 14.3 Å². The quantitative estimate of drug-likeness (QED) is 0.835. The number of amides is 2. The van der Waals surface area contributed by atoms with Crippen molar-refractivity contribution in [2.45, 2.75) is 31.2 Å². The van der Waals surface area contributed by atoms with E-state index in [9.17, 15) is 9.59 Å². The SMILES string of the molecule is Cn1cc(NC(=O)c2cccc([C@@H]3C[C@H]3NC(=O)OCC3CC3)c2)cn1. The molecule has 0 saturated heterocycles. The summed E-state index contributed by atoms with van der Waals surface area (Å²) >= 11 is 0. The van der Waals surface area contributed by atoms with Gasteiger partial charge in [0.1, 0.15) is 0 Å². The Bertz CT molecular complexity index is 828. The molecule has 2 aliphatic rings. The van der Waals surface area contributed by atoms with Crippen LogP contribution in [0, 0.1) is 5.92 Å². The maximum atomic E-state index is 12.4. The van der Waals surface area contributed by atoms with Crippen LogP contribution in [0.3, 0.4) is 0 Å². The molecule has 2 aromatic rings. The van der Waals surface area contributed by atoms with Gasteiger partial charge in [0, 0.05) is 30.8 Å². The number of carbonyl (C=O) groups excluding carboxylic acids is 2. The molecule has 2 saturated carbocycles. The molecule has 7 heteroatoms. The number of carbonyl (C=O) groups is 2. The van der Waals surface area contributed by atoms with Gasteiger partial charge in [-0.3, -0.25) is 9.48 Å². The highest BCUT2D eigenvalue weighted by atomic mass is 16.5. The van der Waals surface area contributed by atoms with Crippen molar-refractivity contribution in [2.24, 2.45) is 13.0 Å². The molecular formula is C19H22N4O3. The first-order valence-corrected chi connectivity index (χ1v) is 8.92.